The first-order valence-electron chi connectivity index (χ1n) is 12.7. The Kier molecular flexibility index (Phi) is 6.34. The van der Waals surface area contributed by atoms with E-state index >= 15 is 0 Å². The van der Waals surface area contributed by atoms with Crippen LogP contribution >= 0.6 is 0 Å². The van der Waals surface area contributed by atoms with Gasteiger partial charge in [0.25, 0.3) is 0 Å². The minimum absolute atomic E-state index is 0.128. The van der Waals surface area contributed by atoms with Gasteiger partial charge in [0, 0.05) is 30.3 Å². The van der Waals surface area contributed by atoms with E-state index in [1.54, 1.807) is 12.4 Å². The first-order chi connectivity index (χ1) is 17.5. The fourth-order valence-corrected chi connectivity index (χ4v) is 5.60. The summed E-state index contributed by atoms with van der Waals surface area (Å²) in [4.78, 5) is 9.20. The molecular formula is C27H35N7O2Si. The number of fused-ring (bicyclic) bond motifs is 2. The van der Waals surface area contributed by atoms with E-state index in [4.69, 9.17) is 14.1 Å². The second kappa shape index (κ2) is 9.24. The third-order valence-corrected chi connectivity index (χ3v) is 12.4. The fraction of sp³-hybridized carbons (Fsp3) is 0.481. The summed E-state index contributed by atoms with van der Waals surface area (Å²) in [5, 5.41) is 21.3. The molecule has 2 aliphatic rings. The van der Waals surface area contributed by atoms with Gasteiger partial charge >= 0.3 is 0 Å². The Bertz CT molecular complexity index is 1370. The molecule has 3 aromatic rings. The van der Waals surface area contributed by atoms with Crippen molar-refractivity contribution in [3.8, 4) is 17.3 Å². The summed E-state index contributed by atoms with van der Waals surface area (Å²) in [5.41, 5.74) is 5.79. The molecule has 0 bridgehead atoms. The third kappa shape index (κ3) is 4.74. The number of nitrogens with one attached hydrogen (secondary N) is 2. The van der Waals surface area contributed by atoms with Crippen molar-refractivity contribution < 1.29 is 9.16 Å². The van der Waals surface area contributed by atoms with Crippen LogP contribution in [0.25, 0.3) is 11.3 Å². The lowest BCUT2D eigenvalue weighted by atomic mass is 9.83. The molecule has 0 spiro atoms. The van der Waals surface area contributed by atoms with Crippen molar-refractivity contribution in [3.63, 3.8) is 0 Å². The Morgan fingerprint density at radius 3 is 2.89 bits per heavy atom. The molecule has 0 aliphatic carbocycles. The largest absolute Gasteiger partial charge is 0.416 e. The molecule has 0 saturated heterocycles. The number of nitrogens with zero attached hydrogens (tertiary/aromatic N) is 5. The van der Waals surface area contributed by atoms with Gasteiger partial charge in [-0.15, -0.1) is 0 Å². The first kappa shape index (κ1) is 25.4. The minimum atomic E-state index is -1.93. The summed E-state index contributed by atoms with van der Waals surface area (Å²) >= 11 is 0. The van der Waals surface area contributed by atoms with Crippen LogP contribution in [0.3, 0.4) is 0 Å². The van der Waals surface area contributed by atoms with Crippen LogP contribution < -0.4 is 10.6 Å². The molecule has 0 amide bonds. The molecule has 0 saturated carbocycles. The van der Waals surface area contributed by atoms with E-state index in [-0.39, 0.29) is 10.5 Å². The first-order valence-corrected chi connectivity index (χ1v) is 15.6. The SMILES string of the molecule is CC(C)(C)[Si](C)(C)OC[C@@]1(C)CNc2c(C#N)cc(-c3ccnc(Nc4cnn5c4COCC5)n3)cc21. The van der Waals surface area contributed by atoms with Crippen molar-refractivity contribution in [1.29, 1.82) is 5.26 Å². The highest BCUT2D eigenvalue weighted by Gasteiger charge is 2.42. The molecule has 37 heavy (non-hydrogen) atoms. The van der Waals surface area contributed by atoms with Gasteiger partial charge in [0.2, 0.25) is 5.95 Å². The molecule has 1 atom stereocenters. The molecule has 9 nitrogen and oxygen atoms in total. The molecule has 5 rings (SSSR count). The van der Waals surface area contributed by atoms with Crippen molar-refractivity contribution in [2.24, 2.45) is 0 Å². The Morgan fingerprint density at radius 2 is 2.14 bits per heavy atom. The number of rotatable bonds is 6. The standard InChI is InChI=1S/C27H35N7O2Si/c1-26(2,3)37(5,6)36-17-27(4)16-30-24-19(13-28)11-18(12-20(24)27)21-7-8-29-25(32-21)33-22-14-31-34-9-10-35-15-23(22)34/h7-8,11-12,14,30H,9-10,15-17H2,1-6H3,(H,29,32,33)/t27-/m1/s1. The van der Waals surface area contributed by atoms with Gasteiger partial charge in [-0.1, -0.05) is 27.7 Å². The molecule has 2 aromatic heterocycles. The van der Waals surface area contributed by atoms with Gasteiger partial charge in [-0.25, -0.2) is 9.97 Å². The molecule has 2 aliphatic heterocycles. The Labute approximate surface area is 219 Å². The van der Waals surface area contributed by atoms with Crippen LogP contribution in [0.4, 0.5) is 17.3 Å². The van der Waals surface area contributed by atoms with Crippen molar-refractivity contribution in [1.82, 2.24) is 19.7 Å². The number of hydrogen-bond donors (Lipinski definition) is 2. The van der Waals surface area contributed by atoms with E-state index in [1.165, 1.54) is 0 Å². The van der Waals surface area contributed by atoms with E-state index in [2.05, 4.69) is 73.6 Å². The molecule has 4 heterocycles. The van der Waals surface area contributed by atoms with E-state index in [1.807, 2.05) is 16.8 Å². The van der Waals surface area contributed by atoms with Crippen LogP contribution in [0.1, 0.15) is 44.5 Å². The number of ether oxygens (including phenoxy) is 1. The van der Waals surface area contributed by atoms with E-state index in [0.717, 1.165) is 47.0 Å². The third-order valence-electron chi connectivity index (χ3n) is 7.95. The summed E-state index contributed by atoms with van der Waals surface area (Å²) in [6, 6.07) is 8.29. The van der Waals surface area contributed by atoms with Crippen molar-refractivity contribution in [2.45, 2.75) is 64.4 Å². The van der Waals surface area contributed by atoms with Crippen molar-refractivity contribution in [2.75, 3.05) is 30.4 Å². The van der Waals surface area contributed by atoms with Gasteiger partial charge in [-0.05, 0) is 41.9 Å². The maximum Gasteiger partial charge on any atom is 0.227 e. The van der Waals surface area contributed by atoms with Crippen LogP contribution in [0, 0.1) is 11.3 Å². The minimum Gasteiger partial charge on any atom is -0.416 e. The highest BCUT2D eigenvalue weighted by Crippen LogP contribution is 2.44. The number of benzene rings is 1. The number of nitriles is 1. The van der Waals surface area contributed by atoms with Gasteiger partial charge in [0.05, 0.1) is 54.3 Å². The zero-order chi connectivity index (χ0) is 26.4. The van der Waals surface area contributed by atoms with Gasteiger partial charge in [-0.3, -0.25) is 4.68 Å². The van der Waals surface area contributed by atoms with E-state index in [9.17, 15) is 5.26 Å². The zero-order valence-electron chi connectivity index (χ0n) is 22.5. The lowest BCUT2D eigenvalue weighted by molar-refractivity contribution is 0.0805. The maximum atomic E-state index is 9.97. The molecule has 10 heteroatoms. The zero-order valence-corrected chi connectivity index (χ0v) is 23.5. The second-order valence-electron chi connectivity index (χ2n) is 11.7. The van der Waals surface area contributed by atoms with Gasteiger partial charge in [0.1, 0.15) is 6.07 Å². The summed E-state index contributed by atoms with van der Waals surface area (Å²) in [5.74, 6) is 0.472. The molecule has 2 N–H and O–H groups in total. The summed E-state index contributed by atoms with van der Waals surface area (Å²) in [6.07, 6.45) is 3.51. The number of hydrogen-bond acceptors (Lipinski definition) is 8. The quantitative estimate of drug-likeness (QED) is 0.430. The summed E-state index contributed by atoms with van der Waals surface area (Å²) in [7, 11) is -1.93. The van der Waals surface area contributed by atoms with Crippen LogP contribution in [0.5, 0.6) is 0 Å². The van der Waals surface area contributed by atoms with Crippen LogP contribution in [-0.4, -0.2) is 47.8 Å². The van der Waals surface area contributed by atoms with E-state index in [0.29, 0.717) is 31.3 Å². The predicted molar refractivity (Wildman–Crippen MR) is 146 cm³/mol. The lowest BCUT2D eigenvalue weighted by Crippen LogP contribution is -2.45. The molecule has 0 radical (unpaired) electrons. The average molecular weight is 518 g/mol. The lowest BCUT2D eigenvalue weighted by Gasteiger charge is -2.39. The van der Waals surface area contributed by atoms with Crippen molar-refractivity contribution >= 4 is 25.6 Å². The monoisotopic (exact) mass is 517 g/mol. The number of anilines is 3. The average Bonchev–Trinajstić information content (AvgIpc) is 3.43. The van der Waals surface area contributed by atoms with Crippen molar-refractivity contribution in [3.05, 3.63) is 47.4 Å². The Hall–Kier alpha value is -3.26. The number of aromatic nitrogens is 4. The van der Waals surface area contributed by atoms with Crippen LogP contribution in [-0.2, 0) is 27.7 Å². The molecule has 1 aromatic carbocycles. The highest BCUT2D eigenvalue weighted by atomic mass is 28.4. The fourth-order valence-electron chi connectivity index (χ4n) is 4.49. The summed E-state index contributed by atoms with van der Waals surface area (Å²) in [6.45, 7) is 16.7. The molecular weight excluding hydrogens is 482 g/mol. The Morgan fingerprint density at radius 1 is 1.32 bits per heavy atom. The van der Waals surface area contributed by atoms with Gasteiger partial charge < -0.3 is 19.8 Å². The maximum absolute atomic E-state index is 9.97. The molecule has 0 fully saturated rings. The normalized spacial score (nSPS) is 19.1. The molecule has 194 valence electrons. The second-order valence-corrected chi connectivity index (χ2v) is 16.5. The Balaban J connectivity index is 1.45. The molecule has 0 unspecified atom stereocenters. The predicted octanol–water partition coefficient (Wildman–Crippen LogP) is 5.19. The smallest absolute Gasteiger partial charge is 0.227 e. The van der Waals surface area contributed by atoms with Gasteiger partial charge in [-0.2, -0.15) is 10.4 Å². The summed E-state index contributed by atoms with van der Waals surface area (Å²) < 4.78 is 14.2. The van der Waals surface area contributed by atoms with Gasteiger partial charge in [0.15, 0.2) is 8.32 Å². The van der Waals surface area contributed by atoms with E-state index < -0.39 is 8.32 Å². The van der Waals surface area contributed by atoms with Crippen LogP contribution in [0.15, 0.2) is 30.6 Å². The van der Waals surface area contributed by atoms with Crippen LogP contribution in [0.2, 0.25) is 18.1 Å². The highest BCUT2D eigenvalue weighted by molar-refractivity contribution is 6.74. The topological polar surface area (TPSA) is 110 Å².